The fourth-order valence-electron chi connectivity index (χ4n) is 3.38. The first-order chi connectivity index (χ1) is 13.7. The maximum atomic E-state index is 13.1. The number of likely N-dealkylation sites (tertiary alicyclic amines) is 1. The average molecular weight is 515 g/mol. The van der Waals surface area contributed by atoms with Gasteiger partial charge in [-0.25, -0.2) is 9.07 Å². The second kappa shape index (κ2) is 12.1. The van der Waals surface area contributed by atoms with Crippen LogP contribution in [0.2, 0.25) is 0 Å². The third-order valence-electron chi connectivity index (χ3n) is 4.84. The van der Waals surface area contributed by atoms with Crippen molar-refractivity contribution in [3.05, 3.63) is 48.0 Å². The molecule has 0 bridgehead atoms. The second-order valence-electron chi connectivity index (χ2n) is 6.97. The molecule has 1 unspecified atom stereocenters. The van der Waals surface area contributed by atoms with Crippen LogP contribution in [0.4, 0.5) is 4.39 Å². The summed E-state index contributed by atoms with van der Waals surface area (Å²) >= 11 is 0. The van der Waals surface area contributed by atoms with Crippen molar-refractivity contribution in [3.63, 3.8) is 0 Å². The number of nitrogens with one attached hydrogen (secondary N) is 1. The summed E-state index contributed by atoms with van der Waals surface area (Å²) in [7, 11) is 0. The van der Waals surface area contributed by atoms with Crippen molar-refractivity contribution < 1.29 is 9.13 Å². The molecule has 1 aliphatic rings. The molecule has 1 aromatic carbocycles. The summed E-state index contributed by atoms with van der Waals surface area (Å²) in [6.07, 6.45) is 3.81. The summed E-state index contributed by atoms with van der Waals surface area (Å²) in [5.74, 6) is 1.31. The van der Waals surface area contributed by atoms with Gasteiger partial charge < -0.3 is 15.0 Å². The highest BCUT2D eigenvalue weighted by Gasteiger charge is 2.24. The van der Waals surface area contributed by atoms with E-state index < -0.39 is 0 Å². The molecule has 0 aliphatic carbocycles. The lowest BCUT2D eigenvalue weighted by Gasteiger charge is -2.21. The van der Waals surface area contributed by atoms with Gasteiger partial charge in [0, 0.05) is 51.3 Å². The van der Waals surface area contributed by atoms with E-state index in [0.717, 1.165) is 63.0 Å². The van der Waals surface area contributed by atoms with Gasteiger partial charge in [0.15, 0.2) is 5.96 Å². The molecule has 160 valence electrons. The number of aliphatic imine (C=N–C) groups is 1. The van der Waals surface area contributed by atoms with Gasteiger partial charge in [-0.1, -0.05) is 0 Å². The van der Waals surface area contributed by atoms with Crippen molar-refractivity contribution in [1.29, 1.82) is 0 Å². The van der Waals surface area contributed by atoms with Crippen molar-refractivity contribution in [1.82, 2.24) is 20.0 Å². The summed E-state index contributed by atoms with van der Waals surface area (Å²) < 4.78 is 20.4. The van der Waals surface area contributed by atoms with Gasteiger partial charge in [-0.15, -0.1) is 24.0 Å². The molecule has 3 rings (SSSR count). The van der Waals surface area contributed by atoms with Crippen molar-refractivity contribution in [2.75, 3.05) is 39.4 Å². The summed E-state index contributed by atoms with van der Waals surface area (Å²) in [6, 6.07) is 8.32. The Balaban J connectivity index is 0.00000300. The molecule has 0 saturated carbocycles. The standard InChI is InChI=1S/C21H30FN5O.HI/c1-3-23-21(26-13-10-17(15-26)16-28-4-2)24-12-9-19-11-14-27(25-19)20-7-5-18(22)6-8-20;/h5-8,11,14,17H,3-4,9-10,12-13,15-16H2,1-2H3,(H,23,24);1H. The van der Waals surface area contributed by atoms with Crippen LogP contribution in [-0.2, 0) is 11.2 Å². The zero-order valence-electron chi connectivity index (χ0n) is 17.2. The first kappa shape index (κ1) is 23.6. The van der Waals surface area contributed by atoms with Crippen molar-refractivity contribution in [3.8, 4) is 5.69 Å². The van der Waals surface area contributed by atoms with E-state index in [1.807, 2.05) is 19.2 Å². The number of guanidine groups is 1. The molecular weight excluding hydrogens is 484 g/mol. The van der Waals surface area contributed by atoms with Gasteiger partial charge >= 0.3 is 0 Å². The summed E-state index contributed by atoms with van der Waals surface area (Å²) in [6.45, 7) is 9.26. The first-order valence-corrected chi connectivity index (χ1v) is 10.1. The van der Waals surface area contributed by atoms with Crippen molar-refractivity contribution in [2.45, 2.75) is 26.7 Å². The Labute approximate surface area is 189 Å². The highest BCUT2D eigenvalue weighted by Crippen LogP contribution is 2.16. The molecule has 1 aromatic heterocycles. The molecule has 0 radical (unpaired) electrons. The predicted molar refractivity (Wildman–Crippen MR) is 125 cm³/mol. The average Bonchev–Trinajstić information content (AvgIpc) is 3.36. The van der Waals surface area contributed by atoms with Crippen LogP contribution in [0.15, 0.2) is 41.5 Å². The van der Waals surface area contributed by atoms with E-state index in [-0.39, 0.29) is 29.8 Å². The molecule has 8 heteroatoms. The fourth-order valence-corrected chi connectivity index (χ4v) is 3.38. The second-order valence-corrected chi connectivity index (χ2v) is 6.97. The van der Waals surface area contributed by atoms with Crippen LogP contribution in [0.5, 0.6) is 0 Å². The van der Waals surface area contributed by atoms with Gasteiger partial charge in [0.05, 0.1) is 18.0 Å². The SMILES string of the molecule is CCNC(=NCCc1ccn(-c2ccc(F)cc2)n1)N1CCC(COCC)C1.I. The quantitative estimate of drug-likeness (QED) is 0.332. The molecule has 2 heterocycles. The van der Waals surface area contributed by atoms with E-state index in [4.69, 9.17) is 9.73 Å². The molecule has 1 aliphatic heterocycles. The number of ether oxygens (including phenoxy) is 1. The van der Waals surface area contributed by atoms with E-state index in [2.05, 4.69) is 22.2 Å². The van der Waals surface area contributed by atoms with E-state index in [9.17, 15) is 4.39 Å². The van der Waals surface area contributed by atoms with E-state index in [0.29, 0.717) is 12.5 Å². The third kappa shape index (κ3) is 6.95. The molecule has 1 saturated heterocycles. The van der Waals surface area contributed by atoms with E-state index >= 15 is 0 Å². The number of aromatic nitrogens is 2. The van der Waals surface area contributed by atoms with E-state index in [1.165, 1.54) is 12.1 Å². The zero-order valence-corrected chi connectivity index (χ0v) is 19.5. The largest absolute Gasteiger partial charge is 0.381 e. The summed E-state index contributed by atoms with van der Waals surface area (Å²) in [4.78, 5) is 7.11. The summed E-state index contributed by atoms with van der Waals surface area (Å²) in [5.41, 5.74) is 1.82. The lowest BCUT2D eigenvalue weighted by atomic mass is 10.1. The minimum atomic E-state index is -0.244. The highest BCUT2D eigenvalue weighted by atomic mass is 127. The fraction of sp³-hybridized carbons (Fsp3) is 0.524. The molecule has 6 nitrogen and oxygen atoms in total. The number of halogens is 2. The smallest absolute Gasteiger partial charge is 0.193 e. The topological polar surface area (TPSA) is 54.7 Å². The van der Waals surface area contributed by atoms with Gasteiger partial charge in [0.25, 0.3) is 0 Å². The molecule has 1 atom stereocenters. The normalized spacial score (nSPS) is 16.7. The Hall–Kier alpha value is -1.68. The lowest BCUT2D eigenvalue weighted by Crippen LogP contribution is -2.40. The third-order valence-corrected chi connectivity index (χ3v) is 4.84. The Morgan fingerprint density at radius 1 is 1.28 bits per heavy atom. The Bertz CT molecular complexity index is 765. The number of hydrogen-bond donors (Lipinski definition) is 1. The Kier molecular flexibility index (Phi) is 9.86. The van der Waals surface area contributed by atoms with Gasteiger partial charge in [-0.2, -0.15) is 5.10 Å². The van der Waals surface area contributed by atoms with Crippen LogP contribution in [0, 0.1) is 11.7 Å². The maximum absolute atomic E-state index is 13.1. The van der Waals surface area contributed by atoms with Crippen LogP contribution in [0.3, 0.4) is 0 Å². The van der Waals surface area contributed by atoms with Crippen LogP contribution < -0.4 is 5.32 Å². The number of benzene rings is 1. The van der Waals surface area contributed by atoms with Gasteiger partial charge in [0.2, 0.25) is 0 Å². The highest BCUT2D eigenvalue weighted by molar-refractivity contribution is 14.0. The van der Waals surface area contributed by atoms with E-state index in [1.54, 1.807) is 16.8 Å². The van der Waals surface area contributed by atoms with Crippen molar-refractivity contribution >= 4 is 29.9 Å². The van der Waals surface area contributed by atoms with Gasteiger partial charge in [0.1, 0.15) is 5.82 Å². The predicted octanol–water partition coefficient (Wildman–Crippen LogP) is 3.50. The van der Waals surface area contributed by atoms with Crippen LogP contribution in [0.1, 0.15) is 26.0 Å². The minimum absolute atomic E-state index is 0. The molecule has 1 fully saturated rings. The molecule has 1 N–H and O–H groups in total. The number of rotatable bonds is 8. The van der Waals surface area contributed by atoms with Gasteiger partial charge in [-0.05, 0) is 50.6 Å². The van der Waals surface area contributed by atoms with Crippen LogP contribution in [0.25, 0.3) is 5.69 Å². The Morgan fingerprint density at radius 2 is 2.07 bits per heavy atom. The monoisotopic (exact) mass is 515 g/mol. The molecular formula is C21H31FIN5O. The van der Waals surface area contributed by atoms with Crippen LogP contribution >= 0.6 is 24.0 Å². The first-order valence-electron chi connectivity index (χ1n) is 10.1. The molecule has 0 amide bonds. The zero-order chi connectivity index (χ0) is 19.8. The number of nitrogens with zero attached hydrogens (tertiary/aromatic N) is 4. The van der Waals surface area contributed by atoms with Gasteiger partial charge in [-0.3, -0.25) is 4.99 Å². The molecule has 29 heavy (non-hydrogen) atoms. The molecule has 0 spiro atoms. The Morgan fingerprint density at radius 3 is 2.79 bits per heavy atom. The lowest BCUT2D eigenvalue weighted by molar-refractivity contribution is 0.114. The maximum Gasteiger partial charge on any atom is 0.193 e. The number of hydrogen-bond acceptors (Lipinski definition) is 3. The van der Waals surface area contributed by atoms with Crippen LogP contribution in [-0.4, -0.2) is 60.0 Å². The minimum Gasteiger partial charge on any atom is -0.381 e. The molecule has 2 aromatic rings. The van der Waals surface area contributed by atoms with Crippen molar-refractivity contribution in [2.24, 2.45) is 10.9 Å². The summed E-state index contributed by atoms with van der Waals surface area (Å²) in [5, 5.41) is 7.97.